The number of aromatic nitrogens is 3. The summed E-state index contributed by atoms with van der Waals surface area (Å²) in [5, 5.41) is 6.65. The summed E-state index contributed by atoms with van der Waals surface area (Å²) in [6.07, 6.45) is 5.91. The molecule has 1 saturated heterocycles. The molecule has 0 bridgehead atoms. The Labute approximate surface area is 135 Å². The fourth-order valence-corrected chi connectivity index (χ4v) is 3.01. The molecular weight excluding hydrogens is 288 g/mol. The molecule has 1 aliphatic heterocycles. The minimum atomic E-state index is 0.818. The quantitative estimate of drug-likeness (QED) is 0.745. The number of hydrogen-bond donors (Lipinski definition) is 0. The third kappa shape index (κ3) is 3.11. The van der Waals surface area contributed by atoms with Crippen LogP contribution in [0, 0.1) is 0 Å². The van der Waals surface area contributed by atoms with E-state index in [1.54, 1.807) is 0 Å². The van der Waals surface area contributed by atoms with Crippen LogP contribution in [0.15, 0.2) is 42.9 Å². The Kier molecular flexibility index (Phi) is 3.81. The molecule has 1 aliphatic rings. The number of morpholine rings is 1. The third-order valence-electron chi connectivity index (χ3n) is 4.31. The van der Waals surface area contributed by atoms with Crippen LogP contribution in [0.5, 0.6) is 0 Å². The van der Waals surface area contributed by atoms with Crippen molar-refractivity contribution in [3.63, 3.8) is 0 Å². The lowest BCUT2D eigenvalue weighted by molar-refractivity contribution is 0.0337. The van der Waals surface area contributed by atoms with E-state index in [1.165, 1.54) is 16.3 Å². The molecule has 0 unspecified atom stereocenters. The fourth-order valence-electron chi connectivity index (χ4n) is 3.01. The van der Waals surface area contributed by atoms with E-state index in [0.717, 1.165) is 44.1 Å². The normalized spacial score (nSPS) is 16.0. The van der Waals surface area contributed by atoms with E-state index in [4.69, 9.17) is 4.74 Å². The second kappa shape index (κ2) is 6.10. The highest BCUT2D eigenvalue weighted by molar-refractivity contribution is 5.86. The van der Waals surface area contributed by atoms with Gasteiger partial charge in [0, 0.05) is 50.0 Å². The minimum absolute atomic E-state index is 0.818. The molecule has 3 heterocycles. The van der Waals surface area contributed by atoms with Gasteiger partial charge in [0.1, 0.15) is 0 Å². The Balaban J connectivity index is 1.63. The molecule has 0 atom stereocenters. The SMILES string of the molecule is Cn1cc(-c2ccc3cnc(CN4CCOCC4)cc3c2)cn1. The van der Waals surface area contributed by atoms with Gasteiger partial charge in [0.05, 0.1) is 25.1 Å². The number of ether oxygens (including phenoxy) is 1. The molecule has 4 rings (SSSR count). The van der Waals surface area contributed by atoms with Gasteiger partial charge in [0.25, 0.3) is 0 Å². The average molecular weight is 308 g/mol. The highest BCUT2D eigenvalue weighted by Crippen LogP contribution is 2.24. The number of rotatable bonds is 3. The van der Waals surface area contributed by atoms with Crippen LogP contribution in [0.25, 0.3) is 21.9 Å². The molecule has 3 aromatic rings. The van der Waals surface area contributed by atoms with Gasteiger partial charge in [0.15, 0.2) is 0 Å². The number of fused-ring (bicyclic) bond motifs is 1. The summed E-state index contributed by atoms with van der Waals surface area (Å²) in [6, 6.07) is 8.67. The predicted octanol–water partition coefficient (Wildman–Crippen LogP) is 2.47. The second-order valence-corrected chi connectivity index (χ2v) is 6.03. The van der Waals surface area contributed by atoms with Crippen molar-refractivity contribution in [2.75, 3.05) is 26.3 Å². The maximum atomic E-state index is 5.40. The van der Waals surface area contributed by atoms with Crippen molar-refractivity contribution in [3.05, 3.63) is 48.5 Å². The lowest BCUT2D eigenvalue weighted by Gasteiger charge is -2.26. The first-order valence-electron chi connectivity index (χ1n) is 7.96. The van der Waals surface area contributed by atoms with Gasteiger partial charge in [-0.1, -0.05) is 12.1 Å². The number of hydrogen-bond acceptors (Lipinski definition) is 4. The second-order valence-electron chi connectivity index (χ2n) is 6.03. The van der Waals surface area contributed by atoms with Crippen LogP contribution in [-0.4, -0.2) is 46.0 Å². The first kappa shape index (κ1) is 14.4. The molecule has 1 aromatic carbocycles. The van der Waals surface area contributed by atoms with E-state index < -0.39 is 0 Å². The summed E-state index contributed by atoms with van der Waals surface area (Å²) in [5.74, 6) is 0. The van der Waals surface area contributed by atoms with Crippen molar-refractivity contribution < 1.29 is 4.74 Å². The van der Waals surface area contributed by atoms with E-state index >= 15 is 0 Å². The minimum Gasteiger partial charge on any atom is -0.379 e. The highest BCUT2D eigenvalue weighted by atomic mass is 16.5. The molecule has 118 valence electrons. The van der Waals surface area contributed by atoms with E-state index in [9.17, 15) is 0 Å². The molecule has 2 aromatic heterocycles. The van der Waals surface area contributed by atoms with Crippen molar-refractivity contribution in [1.82, 2.24) is 19.7 Å². The zero-order chi connectivity index (χ0) is 15.6. The van der Waals surface area contributed by atoms with Crippen LogP contribution in [0.3, 0.4) is 0 Å². The van der Waals surface area contributed by atoms with Crippen LogP contribution in [0.1, 0.15) is 5.69 Å². The maximum Gasteiger partial charge on any atom is 0.0594 e. The molecule has 1 fully saturated rings. The number of aryl methyl sites for hydroxylation is 1. The van der Waals surface area contributed by atoms with Crippen LogP contribution in [0.2, 0.25) is 0 Å². The van der Waals surface area contributed by atoms with E-state index in [0.29, 0.717) is 0 Å². The Morgan fingerprint density at radius 1 is 1.04 bits per heavy atom. The first-order valence-corrected chi connectivity index (χ1v) is 7.96. The summed E-state index contributed by atoms with van der Waals surface area (Å²) < 4.78 is 7.23. The van der Waals surface area contributed by atoms with Crippen molar-refractivity contribution in [2.45, 2.75) is 6.54 Å². The fraction of sp³-hybridized carbons (Fsp3) is 0.333. The lowest BCUT2D eigenvalue weighted by atomic mass is 10.0. The zero-order valence-electron chi connectivity index (χ0n) is 13.3. The van der Waals surface area contributed by atoms with Gasteiger partial charge in [0.2, 0.25) is 0 Å². The number of pyridine rings is 1. The largest absolute Gasteiger partial charge is 0.379 e. The van der Waals surface area contributed by atoms with Crippen molar-refractivity contribution in [1.29, 1.82) is 0 Å². The smallest absolute Gasteiger partial charge is 0.0594 e. The van der Waals surface area contributed by atoms with Gasteiger partial charge in [-0.3, -0.25) is 14.6 Å². The van der Waals surface area contributed by atoms with Gasteiger partial charge >= 0.3 is 0 Å². The van der Waals surface area contributed by atoms with Crippen molar-refractivity contribution in [2.24, 2.45) is 7.05 Å². The van der Waals surface area contributed by atoms with Crippen LogP contribution < -0.4 is 0 Å². The lowest BCUT2D eigenvalue weighted by Crippen LogP contribution is -2.35. The molecule has 5 nitrogen and oxygen atoms in total. The standard InChI is InChI=1S/C18H20N4O/c1-21-12-17(11-20-21)14-2-3-15-10-19-18(9-16(15)8-14)13-22-4-6-23-7-5-22/h2-3,8-12H,4-7,13H2,1H3. The molecule has 0 spiro atoms. The average Bonchev–Trinajstić information content (AvgIpc) is 3.02. The van der Waals surface area contributed by atoms with Gasteiger partial charge in [-0.05, 0) is 23.1 Å². The maximum absolute atomic E-state index is 5.40. The van der Waals surface area contributed by atoms with Crippen LogP contribution in [-0.2, 0) is 18.3 Å². The molecule has 0 saturated carbocycles. The highest BCUT2D eigenvalue weighted by Gasteiger charge is 2.11. The van der Waals surface area contributed by atoms with Gasteiger partial charge < -0.3 is 4.74 Å². The number of nitrogens with zero attached hydrogens (tertiary/aromatic N) is 4. The van der Waals surface area contributed by atoms with Gasteiger partial charge in [-0.25, -0.2) is 0 Å². The predicted molar refractivity (Wildman–Crippen MR) is 90.0 cm³/mol. The van der Waals surface area contributed by atoms with Gasteiger partial charge in [-0.2, -0.15) is 5.10 Å². The summed E-state index contributed by atoms with van der Waals surface area (Å²) in [5.41, 5.74) is 3.44. The monoisotopic (exact) mass is 308 g/mol. The molecule has 0 aliphatic carbocycles. The topological polar surface area (TPSA) is 43.2 Å². The molecule has 5 heteroatoms. The first-order chi connectivity index (χ1) is 11.3. The van der Waals surface area contributed by atoms with E-state index in [-0.39, 0.29) is 0 Å². The summed E-state index contributed by atoms with van der Waals surface area (Å²) in [6.45, 7) is 4.48. The molecule has 0 amide bonds. The summed E-state index contributed by atoms with van der Waals surface area (Å²) in [4.78, 5) is 7.00. The van der Waals surface area contributed by atoms with Crippen molar-refractivity contribution in [3.8, 4) is 11.1 Å². The van der Waals surface area contributed by atoms with Gasteiger partial charge in [-0.15, -0.1) is 0 Å². The Morgan fingerprint density at radius 2 is 1.91 bits per heavy atom. The van der Waals surface area contributed by atoms with Crippen LogP contribution in [0.4, 0.5) is 0 Å². The molecule has 0 N–H and O–H groups in total. The zero-order valence-corrected chi connectivity index (χ0v) is 13.3. The number of benzene rings is 1. The molecule has 0 radical (unpaired) electrons. The Hall–Kier alpha value is -2.24. The summed E-state index contributed by atoms with van der Waals surface area (Å²) >= 11 is 0. The molecular formula is C18H20N4O. The Bertz CT molecular complexity index is 821. The molecule has 23 heavy (non-hydrogen) atoms. The van der Waals surface area contributed by atoms with Crippen molar-refractivity contribution >= 4 is 10.8 Å². The van der Waals surface area contributed by atoms with E-state index in [2.05, 4.69) is 39.2 Å². The Morgan fingerprint density at radius 3 is 2.70 bits per heavy atom. The van der Waals surface area contributed by atoms with Crippen LogP contribution >= 0.6 is 0 Å². The third-order valence-corrected chi connectivity index (χ3v) is 4.31. The summed E-state index contributed by atoms with van der Waals surface area (Å²) in [7, 11) is 1.94. The van der Waals surface area contributed by atoms with E-state index in [1.807, 2.05) is 30.3 Å².